The molecular formula is C18H13ClFN3O3. The number of carbonyl (C=O) groups is 3. The van der Waals surface area contributed by atoms with E-state index in [2.05, 4.69) is 5.32 Å². The summed E-state index contributed by atoms with van der Waals surface area (Å²) in [5.41, 5.74) is 0.641. The second-order valence-corrected chi connectivity index (χ2v) is 6.38. The summed E-state index contributed by atoms with van der Waals surface area (Å²) < 4.78 is 14.9. The van der Waals surface area contributed by atoms with Gasteiger partial charge in [-0.05, 0) is 31.0 Å². The lowest BCUT2D eigenvalue weighted by molar-refractivity contribution is -0.104. The third-order valence-electron chi connectivity index (χ3n) is 4.26. The first kappa shape index (κ1) is 17.8. The molecule has 132 valence electrons. The Kier molecular flexibility index (Phi) is 4.62. The molecule has 1 aliphatic rings. The van der Waals surface area contributed by atoms with E-state index in [0.29, 0.717) is 5.69 Å². The maximum absolute atomic E-state index is 13.4. The highest BCUT2D eigenvalue weighted by atomic mass is 35.5. The molecule has 26 heavy (non-hydrogen) atoms. The minimum atomic E-state index is -0.778. The van der Waals surface area contributed by atoms with Gasteiger partial charge in [0.1, 0.15) is 17.6 Å². The second-order valence-electron chi connectivity index (χ2n) is 6.00. The summed E-state index contributed by atoms with van der Waals surface area (Å²) in [5.74, 6) is -2.02. The second kappa shape index (κ2) is 6.73. The van der Waals surface area contributed by atoms with Crippen LogP contribution < -0.4 is 5.32 Å². The van der Waals surface area contributed by atoms with Crippen LogP contribution in [0.15, 0.2) is 18.2 Å². The van der Waals surface area contributed by atoms with Crippen LogP contribution in [0.4, 0.5) is 10.1 Å². The lowest BCUT2D eigenvalue weighted by Crippen LogP contribution is -2.17. The highest BCUT2D eigenvalue weighted by molar-refractivity contribution is 6.43. The van der Waals surface area contributed by atoms with E-state index in [-0.39, 0.29) is 39.7 Å². The van der Waals surface area contributed by atoms with Gasteiger partial charge in [0.15, 0.2) is 6.29 Å². The number of carbonyl (C=O) groups excluding carboxylic acids is 3. The third kappa shape index (κ3) is 3.00. The molecule has 1 fully saturated rings. The predicted molar refractivity (Wildman–Crippen MR) is 91.9 cm³/mol. The van der Waals surface area contributed by atoms with Gasteiger partial charge < -0.3 is 9.88 Å². The molecular weight excluding hydrogens is 361 g/mol. The Hall–Kier alpha value is -2.98. The van der Waals surface area contributed by atoms with Crippen molar-refractivity contribution in [3.8, 4) is 6.07 Å². The van der Waals surface area contributed by atoms with Gasteiger partial charge in [-0.25, -0.2) is 4.39 Å². The van der Waals surface area contributed by atoms with E-state index in [1.807, 2.05) is 0 Å². The maximum Gasteiger partial charge on any atom is 0.273 e. The van der Waals surface area contributed by atoms with Crippen LogP contribution in [0.3, 0.4) is 0 Å². The standard InChI is InChI=1S/C18H13ClFN3O3/c1-23-16(9-2-3-9)14(13(25)8-24)15(19)17(23)18(26)22-11-4-5-12(20)10(6-11)7-21/h4-6,8-9H,2-3H2,1H3,(H,22,26). The zero-order valence-electron chi connectivity index (χ0n) is 13.7. The number of rotatable bonds is 5. The molecule has 1 aromatic heterocycles. The monoisotopic (exact) mass is 373 g/mol. The molecule has 0 saturated heterocycles. The quantitative estimate of drug-likeness (QED) is 0.495. The number of ketones is 1. The van der Waals surface area contributed by atoms with E-state index in [9.17, 15) is 18.8 Å². The van der Waals surface area contributed by atoms with Gasteiger partial charge in [-0.2, -0.15) is 5.26 Å². The summed E-state index contributed by atoms with van der Waals surface area (Å²) in [6.07, 6.45) is 1.86. The summed E-state index contributed by atoms with van der Waals surface area (Å²) in [4.78, 5) is 35.6. The van der Waals surface area contributed by atoms with Gasteiger partial charge in [0.25, 0.3) is 5.91 Å². The van der Waals surface area contributed by atoms with Crippen molar-refractivity contribution < 1.29 is 18.8 Å². The molecule has 1 aromatic carbocycles. The number of hydrogen-bond acceptors (Lipinski definition) is 4. The number of benzene rings is 1. The lowest BCUT2D eigenvalue weighted by Gasteiger charge is -2.09. The number of halogens is 2. The van der Waals surface area contributed by atoms with Crippen molar-refractivity contribution in [3.63, 3.8) is 0 Å². The van der Waals surface area contributed by atoms with Crippen LogP contribution in [0, 0.1) is 17.1 Å². The van der Waals surface area contributed by atoms with Crippen molar-refractivity contribution in [2.24, 2.45) is 7.05 Å². The first-order chi connectivity index (χ1) is 12.4. The van der Waals surface area contributed by atoms with E-state index in [1.165, 1.54) is 16.7 Å². The van der Waals surface area contributed by atoms with E-state index in [0.717, 1.165) is 18.9 Å². The summed E-state index contributed by atoms with van der Waals surface area (Å²) in [5, 5.41) is 11.3. The van der Waals surface area contributed by atoms with Gasteiger partial charge in [0, 0.05) is 24.3 Å². The molecule has 1 heterocycles. The molecule has 0 atom stereocenters. The Morgan fingerprint density at radius 3 is 2.69 bits per heavy atom. The van der Waals surface area contributed by atoms with Gasteiger partial charge in [-0.15, -0.1) is 0 Å². The molecule has 0 aliphatic heterocycles. The lowest BCUT2D eigenvalue weighted by atomic mass is 10.1. The van der Waals surface area contributed by atoms with Crippen molar-refractivity contribution in [2.75, 3.05) is 5.32 Å². The first-order valence-corrected chi connectivity index (χ1v) is 8.15. The Morgan fingerprint density at radius 1 is 1.42 bits per heavy atom. The Morgan fingerprint density at radius 2 is 2.12 bits per heavy atom. The Labute approximate surface area is 153 Å². The number of nitriles is 1. The fourth-order valence-corrected chi connectivity index (χ4v) is 3.33. The topological polar surface area (TPSA) is 92.0 Å². The van der Waals surface area contributed by atoms with Crippen molar-refractivity contribution in [2.45, 2.75) is 18.8 Å². The molecule has 6 nitrogen and oxygen atoms in total. The molecule has 3 rings (SSSR count). The van der Waals surface area contributed by atoms with Crippen LogP contribution in [0.1, 0.15) is 50.9 Å². The Bertz CT molecular complexity index is 987. The average Bonchev–Trinajstić information content (AvgIpc) is 3.41. The van der Waals surface area contributed by atoms with Gasteiger partial charge in [0.2, 0.25) is 5.78 Å². The van der Waals surface area contributed by atoms with Crippen LogP contribution in [-0.4, -0.2) is 22.5 Å². The molecule has 8 heteroatoms. The average molecular weight is 374 g/mol. The number of amides is 1. The van der Waals surface area contributed by atoms with Crippen LogP contribution in [0.5, 0.6) is 0 Å². The number of nitrogens with zero attached hydrogens (tertiary/aromatic N) is 2. The van der Waals surface area contributed by atoms with Crippen molar-refractivity contribution in [3.05, 3.63) is 51.6 Å². The molecule has 1 saturated carbocycles. The van der Waals surface area contributed by atoms with Gasteiger partial charge >= 0.3 is 0 Å². The van der Waals surface area contributed by atoms with Crippen molar-refractivity contribution >= 4 is 35.3 Å². The largest absolute Gasteiger partial charge is 0.341 e. The van der Waals surface area contributed by atoms with Crippen molar-refractivity contribution in [1.82, 2.24) is 4.57 Å². The molecule has 0 bridgehead atoms. The zero-order chi connectivity index (χ0) is 19.0. The van der Waals surface area contributed by atoms with E-state index in [4.69, 9.17) is 16.9 Å². The number of nitrogens with one attached hydrogen (secondary N) is 1. The maximum atomic E-state index is 13.4. The van der Waals surface area contributed by atoms with E-state index >= 15 is 0 Å². The smallest absolute Gasteiger partial charge is 0.273 e. The Balaban J connectivity index is 2.01. The highest BCUT2D eigenvalue weighted by Crippen LogP contribution is 2.45. The predicted octanol–water partition coefficient (Wildman–Crippen LogP) is 3.20. The molecule has 0 spiro atoms. The minimum Gasteiger partial charge on any atom is -0.341 e. The molecule has 0 unspecified atom stereocenters. The zero-order valence-corrected chi connectivity index (χ0v) is 14.4. The minimum absolute atomic E-state index is 0.0293. The number of aromatic nitrogens is 1. The summed E-state index contributed by atoms with van der Waals surface area (Å²) in [6.45, 7) is 0. The van der Waals surface area contributed by atoms with Crippen LogP contribution in [0.25, 0.3) is 0 Å². The number of hydrogen-bond donors (Lipinski definition) is 1. The van der Waals surface area contributed by atoms with Gasteiger partial charge in [-0.3, -0.25) is 14.4 Å². The molecule has 0 radical (unpaired) electrons. The summed E-state index contributed by atoms with van der Waals surface area (Å²) >= 11 is 6.25. The molecule has 1 amide bonds. The summed E-state index contributed by atoms with van der Waals surface area (Å²) in [7, 11) is 1.60. The number of aldehydes is 1. The molecule has 1 N–H and O–H groups in total. The van der Waals surface area contributed by atoms with Gasteiger partial charge in [0.05, 0.1) is 16.1 Å². The molecule has 1 aliphatic carbocycles. The first-order valence-electron chi connectivity index (χ1n) is 7.77. The fourth-order valence-electron chi connectivity index (χ4n) is 2.93. The van der Waals surface area contributed by atoms with Crippen molar-refractivity contribution in [1.29, 1.82) is 5.26 Å². The van der Waals surface area contributed by atoms with Gasteiger partial charge in [-0.1, -0.05) is 11.6 Å². The molecule has 2 aromatic rings. The number of Topliss-reactive ketones (excluding diaryl/α,β-unsaturated/α-hetero) is 1. The van der Waals surface area contributed by atoms with Crippen LogP contribution in [0.2, 0.25) is 5.02 Å². The normalized spacial score (nSPS) is 13.2. The SMILES string of the molecule is Cn1c(C(=O)Nc2ccc(F)c(C#N)c2)c(Cl)c(C(=O)C=O)c1C1CC1. The number of anilines is 1. The van der Waals surface area contributed by atoms with Crippen LogP contribution >= 0.6 is 11.6 Å². The van der Waals surface area contributed by atoms with E-state index < -0.39 is 17.5 Å². The summed E-state index contributed by atoms with van der Waals surface area (Å²) in [6, 6.07) is 5.26. The fraction of sp³-hybridized carbons (Fsp3) is 0.222. The van der Waals surface area contributed by atoms with Crippen LogP contribution in [-0.2, 0) is 11.8 Å². The van der Waals surface area contributed by atoms with E-state index in [1.54, 1.807) is 13.1 Å². The third-order valence-corrected chi connectivity index (χ3v) is 4.63. The highest BCUT2D eigenvalue weighted by Gasteiger charge is 2.36.